The molecule has 0 unspecified atom stereocenters. The molecule has 2 aromatic heterocycles. The molecule has 1 saturated heterocycles. The first kappa shape index (κ1) is 11.7. The van der Waals surface area contributed by atoms with Gasteiger partial charge in [-0.3, -0.25) is 5.10 Å². The zero-order valence-electron chi connectivity index (χ0n) is 10.5. The van der Waals surface area contributed by atoms with Crippen molar-refractivity contribution in [3.63, 3.8) is 0 Å². The summed E-state index contributed by atoms with van der Waals surface area (Å²) in [6, 6.07) is 2.41. The van der Waals surface area contributed by atoms with Crippen molar-refractivity contribution in [1.82, 2.24) is 20.1 Å². The van der Waals surface area contributed by atoms with Crippen LogP contribution in [-0.4, -0.2) is 53.3 Å². The molecule has 6 heteroatoms. The van der Waals surface area contributed by atoms with Crippen molar-refractivity contribution in [1.29, 1.82) is 0 Å². The molecule has 0 amide bonds. The van der Waals surface area contributed by atoms with Crippen LogP contribution in [0.1, 0.15) is 6.42 Å². The third-order valence-corrected chi connectivity index (χ3v) is 3.79. The molecule has 0 bridgehead atoms. The van der Waals surface area contributed by atoms with E-state index in [1.165, 1.54) is 6.42 Å². The second-order valence-electron chi connectivity index (χ2n) is 4.95. The van der Waals surface area contributed by atoms with E-state index in [9.17, 15) is 0 Å². The van der Waals surface area contributed by atoms with Gasteiger partial charge in [0.15, 0.2) is 5.82 Å². The molecule has 0 aliphatic carbocycles. The minimum absolute atomic E-state index is 0.491. The molecule has 0 aromatic carbocycles. The Labute approximate surface area is 111 Å². The van der Waals surface area contributed by atoms with Crippen molar-refractivity contribution >= 4 is 28.3 Å². The van der Waals surface area contributed by atoms with Crippen LogP contribution in [0.2, 0.25) is 5.15 Å². The maximum atomic E-state index is 5.87. The van der Waals surface area contributed by atoms with Gasteiger partial charge in [-0.15, -0.1) is 0 Å². The monoisotopic (exact) mass is 265 g/mol. The van der Waals surface area contributed by atoms with E-state index >= 15 is 0 Å². The minimum Gasteiger partial charge on any atom is -0.353 e. The quantitative estimate of drug-likeness (QED) is 0.841. The van der Waals surface area contributed by atoms with Crippen LogP contribution in [0.4, 0.5) is 5.82 Å². The Kier molecular flexibility index (Phi) is 2.87. The molecular formula is C12H16ClN5. The fraction of sp³-hybridized carbons (Fsp3) is 0.500. The number of anilines is 1. The highest BCUT2D eigenvalue weighted by Gasteiger charge is 2.26. The van der Waals surface area contributed by atoms with Crippen molar-refractivity contribution < 1.29 is 0 Å². The fourth-order valence-electron chi connectivity index (χ4n) is 2.47. The summed E-state index contributed by atoms with van der Waals surface area (Å²) >= 11 is 5.87. The van der Waals surface area contributed by atoms with Gasteiger partial charge in [0.05, 0.1) is 10.9 Å². The van der Waals surface area contributed by atoms with Crippen LogP contribution in [0.5, 0.6) is 0 Å². The summed E-state index contributed by atoms with van der Waals surface area (Å²) in [4.78, 5) is 8.71. The van der Waals surface area contributed by atoms with Gasteiger partial charge in [0.25, 0.3) is 0 Å². The number of nitrogens with zero attached hydrogens (tertiary/aromatic N) is 4. The Morgan fingerprint density at radius 2 is 2.33 bits per heavy atom. The Bertz CT molecular complexity index is 565. The Balaban J connectivity index is 1.91. The van der Waals surface area contributed by atoms with E-state index in [-0.39, 0.29) is 0 Å². The maximum Gasteiger partial charge on any atom is 0.159 e. The fourth-order valence-corrected chi connectivity index (χ4v) is 2.63. The molecule has 0 spiro atoms. The lowest BCUT2D eigenvalue weighted by molar-refractivity contribution is 0.315. The summed E-state index contributed by atoms with van der Waals surface area (Å²) in [5.41, 5.74) is 0.943. The summed E-state index contributed by atoms with van der Waals surface area (Å²) in [6.07, 6.45) is 2.96. The van der Waals surface area contributed by atoms with Crippen molar-refractivity contribution in [3.8, 4) is 0 Å². The topological polar surface area (TPSA) is 48.0 Å². The SMILES string of the molecule is CN(C)[C@H]1CCN(c2n[nH]c3cc(Cl)ncc23)C1. The Morgan fingerprint density at radius 1 is 1.50 bits per heavy atom. The van der Waals surface area contributed by atoms with Crippen LogP contribution >= 0.6 is 11.6 Å². The number of hydrogen-bond acceptors (Lipinski definition) is 4. The Hall–Kier alpha value is -1.33. The molecule has 0 saturated carbocycles. The first-order chi connectivity index (χ1) is 8.65. The van der Waals surface area contributed by atoms with Crippen LogP contribution in [0.3, 0.4) is 0 Å². The number of pyridine rings is 1. The number of hydrogen-bond donors (Lipinski definition) is 1. The van der Waals surface area contributed by atoms with Gasteiger partial charge in [0.1, 0.15) is 5.15 Å². The third-order valence-electron chi connectivity index (χ3n) is 3.59. The molecule has 2 aromatic rings. The molecule has 18 heavy (non-hydrogen) atoms. The number of H-pyrrole nitrogens is 1. The average Bonchev–Trinajstić information content (AvgIpc) is 2.92. The average molecular weight is 266 g/mol. The second kappa shape index (κ2) is 4.40. The number of aromatic amines is 1. The highest BCUT2D eigenvalue weighted by Crippen LogP contribution is 2.28. The van der Waals surface area contributed by atoms with Gasteiger partial charge in [-0.25, -0.2) is 4.98 Å². The van der Waals surface area contributed by atoms with Crippen molar-refractivity contribution in [3.05, 3.63) is 17.4 Å². The largest absolute Gasteiger partial charge is 0.353 e. The van der Waals surface area contributed by atoms with Gasteiger partial charge in [0.2, 0.25) is 0 Å². The maximum absolute atomic E-state index is 5.87. The van der Waals surface area contributed by atoms with Crippen molar-refractivity contribution in [2.75, 3.05) is 32.1 Å². The molecule has 1 N–H and O–H groups in total. The Morgan fingerprint density at radius 3 is 3.06 bits per heavy atom. The number of rotatable bonds is 2. The van der Waals surface area contributed by atoms with E-state index in [2.05, 4.69) is 39.1 Å². The summed E-state index contributed by atoms with van der Waals surface area (Å²) in [5.74, 6) is 0.985. The first-order valence-electron chi connectivity index (χ1n) is 6.06. The summed E-state index contributed by atoms with van der Waals surface area (Å²) in [5, 5.41) is 8.95. The van der Waals surface area contributed by atoms with Gasteiger partial charge in [0, 0.05) is 31.4 Å². The minimum atomic E-state index is 0.491. The van der Waals surface area contributed by atoms with Gasteiger partial charge in [-0.05, 0) is 20.5 Å². The van der Waals surface area contributed by atoms with Crippen LogP contribution in [0, 0.1) is 0 Å². The smallest absolute Gasteiger partial charge is 0.159 e. The summed E-state index contributed by atoms with van der Waals surface area (Å²) < 4.78 is 0. The molecule has 3 heterocycles. The number of nitrogens with one attached hydrogen (secondary N) is 1. The molecule has 5 nitrogen and oxygen atoms in total. The first-order valence-corrected chi connectivity index (χ1v) is 6.44. The van der Waals surface area contributed by atoms with E-state index in [1.54, 1.807) is 6.20 Å². The predicted molar refractivity (Wildman–Crippen MR) is 73.2 cm³/mol. The molecule has 0 radical (unpaired) electrons. The van der Waals surface area contributed by atoms with Crippen LogP contribution in [0.15, 0.2) is 12.3 Å². The lowest BCUT2D eigenvalue weighted by Crippen LogP contribution is -2.31. The molecule has 1 aliphatic rings. The normalized spacial score (nSPS) is 20.2. The molecule has 96 valence electrons. The zero-order chi connectivity index (χ0) is 12.7. The van der Waals surface area contributed by atoms with E-state index in [1.807, 2.05) is 6.07 Å². The van der Waals surface area contributed by atoms with E-state index in [0.29, 0.717) is 11.2 Å². The highest BCUT2D eigenvalue weighted by molar-refractivity contribution is 6.30. The number of halogens is 1. The van der Waals surface area contributed by atoms with Crippen molar-refractivity contribution in [2.45, 2.75) is 12.5 Å². The highest BCUT2D eigenvalue weighted by atomic mass is 35.5. The van der Waals surface area contributed by atoms with Gasteiger partial charge < -0.3 is 9.80 Å². The molecule has 1 aliphatic heterocycles. The zero-order valence-corrected chi connectivity index (χ0v) is 11.3. The third kappa shape index (κ3) is 1.93. The standard InChI is InChI=1S/C12H16ClN5/c1-17(2)8-3-4-18(7-8)12-9-6-14-11(13)5-10(9)15-16-12/h5-6,8H,3-4,7H2,1-2H3,(H,15,16)/t8-/m0/s1. The molecular weight excluding hydrogens is 250 g/mol. The van der Waals surface area contributed by atoms with Crippen molar-refractivity contribution in [2.24, 2.45) is 0 Å². The van der Waals surface area contributed by atoms with Crippen LogP contribution in [0.25, 0.3) is 10.9 Å². The van der Waals surface area contributed by atoms with Crippen LogP contribution < -0.4 is 4.90 Å². The van der Waals surface area contributed by atoms with Crippen LogP contribution in [-0.2, 0) is 0 Å². The summed E-state index contributed by atoms with van der Waals surface area (Å²) in [6.45, 7) is 2.04. The van der Waals surface area contributed by atoms with Gasteiger partial charge >= 0.3 is 0 Å². The molecule has 1 atom stereocenters. The predicted octanol–water partition coefficient (Wildman–Crippen LogP) is 1.75. The molecule has 3 rings (SSSR count). The summed E-state index contributed by atoms with van der Waals surface area (Å²) in [7, 11) is 4.25. The number of fused-ring (bicyclic) bond motifs is 1. The lowest BCUT2D eigenvalue weighted by Gasteiger charge is -2.20. The van der Waals surface area contributed by atoms with E-state index in [0.717, 1.165) is 29.8 Å². The second-order valence-corrected chi connectivity index (χ2v) is 5.34. The van der Waals surface area contributed by atoms with Gasteiger partial charge in [-0.1, -0.05) is 11.6 Å². The number of aromatic nitrogens is 3. The van der Waals surface area contributed by atoms with E-state index in [4.69, 9.17) is 11.6 Å². The lowest BCUT2D eigenvalue weighted by atomic mass is 10.2. The molecule has 1 fully saturated rings. The van der Waals surface area contributed by atoms with E-state index < -0.39 is 0 Å². The van der Waals surface area contributed by atoms with Gasteiger partial charge in [-0.2, -0.15) is 5.10 Å². The number of likely N-dealkylation sites (N-methyl/N-ethyl adjacent to an activating group) is 1.